The van der Waals surface area contributed by atoms with Crippen LogP contribution in [-0.2, 0) is 0 Å². The third-order valence-electron chi connectivity index (χ3n) is 4.58. The quantitative estimate of drug-likeness (QED) is 0.786. The number of hydrogen-bond donors (Lipinski definition) is 1. The molecule has 0 radical (unpaired) electrons. The normalized spacial score (nSPS) is 24.1. The van der Waals surface area contributed by atoms with E-state index < -0.39 is 0 Å². The van der Waals surface area contributed by atoms with Crippen LogP contribution in [0.5, 0.6) is 0 Å². The van der Waals surface area contributed by atoms with Crippen LogP contribution < -0.4 is 5.32 Å². The third-order valence-corrected chi connectivity index (χ3v) is 5.88. The molecule has 0 bridgehead atoms. The van der Waals surface area contributed by atoms with Crippen molar-refractivity contribution in [2.75, 3.05) is 6.54 Å². The van der Waals surface area contributed by atoms with Crippen LogP contribution in [-0.4, -0.2) is 6.54 Å². The van der Waals surface area contributed by atoms with E-state index in [0.717, 1.165) is 28.5 Å². The molecule has 0 saturated heterocycles. The van der Waals surface area contributed by atoms with Crippen LogP contribution in [0.15, 0.2) is 34.9 Å². The van der Waals surface area contributed by atoms with Gasteiger partial charge in [-0.25, -0.2) is 0 Å². The van der Waals surface area contributed by atoms with Crippen molar-refractivity contribution in [1.82, 2.24) is 5.32 Å². The molecule has 0 spiro atoms. The van der Waals surface area contributed by atoms with Gasteiger partial charge in [0.2, 0.25) is 0 Å². The second kappa shape index (κ2) is 6.99. The lowest BCUT2D eigenvalue weighted by Gasteiger charge is -2.30. The highest BCUT2D eigenvalue weighted by Gasteiger charge is 2.24. The third kappa shape index (κ3) is 3.71. The summed E-state index contributed by atoms with van der Waals surface area (Å²) in [6, 6.07) is 8.16. The first-order valence-corrected chi connectivity index (χ1v) is 8.95. The van der Waals surface area contributed by atoms with Crippen molar-refractivity contribution in [3.8, 4) is 0 Å². The summed E-state index contributed by atoms with van der Waals surface area (Å²) in [5.41, 5.74) is 0. The molecule has 0 aliphatic heterocycles. The second-order valence-electron chi connectivity index (χ2n) is 6.02. The first kappa shape index (κ1) is 15.1. The topological polar surface area (TPSA) is 25.2 Å². The van der Waals surface area contributed by atoms with Gasteiger partial charge in [-0.1, -0.05) is 37.8 Å². The molecule has 1 saturated carbocycles. The van der Waals surface area contributed by atoms with Crippen LogP contribution in [0.3, 0.4) is 0 Å². The van der Waals surface area contributed by atoms with Crippen LogP contribution >= 0.6 is 22.9 Å². The Balaban J connectivity index is 1.71. The Morgan fingerprint density at radius 2 is 2.19 bits per heavy atom. The molecular formula is C17H22ClNOS. The molecule has 2 aromatic heterocycles. The van der Waals surface area contributed by atoms with Crippen molar-refractivity contribution in [2.45, 2.75) is 38.6 Å². The highest BCUT2D eigenvalue weighted by molar-refractivity contribution is 7.16. The maximum absolute atomic E-state index is 6.10. The molecule has 0 amide bonds. The number of hydrogen-bond acceptors (Lipinski definition) is 3. The van der Waals surface area contributed by atoms with Gasteiger partial charge < -0.3 is 9.73 Å². The van der Waals surface area contributed by atoms with E-state index in [9.17, 15) is 0 Å². The maximum atomic E-state index is 6.10. The second-order valence-corrected chi connectivity index (χ2v) is 7.77. The van der Waals surface area contributed by atoms with Crippen LogP contribution in [0, 0.1) is 11.8 Å². The Labute approximate surface area is 135 Å². The summed E-state index contributed by atoms with van der Waals surface area (Å²) in [6.45, 7) is 3.43. The van der Waals surface area contributed by atoms with Crippen molar-refractivity contribution in [1.29, 1.82) is 0 Å². The molecule has 0 aromatic carbocycles. The molecule has 1 aliphatic carbocycles. The summed E-state index contributed by atoms with van der Waals surface area (Å²) in [5.74, 6) is 2.55. The number of thiophene rings is 1. The van der Waals surface area contributed by atoms with E-state index in [4.69, 9.17) is 16.0 Å². The molecule has 2 heterocycles. The Morgan fingerprint density at radius 1 is 1.33 bits per heavy atom. The minimum Gasteiger partial charge on any atom is -0.467 e. The summed E-state index contributed by atoms with van der Waals surface area (Å²) in [5, 5.41) is 3.71. The summed E-state index contributed by atoms with van der Waals surface area (Å²) in [6.07, 6.45) is 7.20. The van der Waals surface area contributed by atoms with Crippen LogP contribution in [0.1, 0.15) is 49.3 Å². The molecule has 2 aromatic rings. The fraction of sp³-hybridized carbons (Fsp3) is 0.529. The van der Waals surface area contributed by atoms with E-state index in [1.807, 2.05) is 18.2 Å². The van der Waals surface area contributed by atoms with Gasteiger partial charge in [-0.3, -0.25) is 0 Å². The van der Waals surface area contributed by atoms with E-state index >= 15 is 0 Å². The largest absolute Gasteiger partial charge is 0.467 e. The van der Waals surface area contributed by atoms with Crippen molar-refractivity contribution in [3.63, 3.8) is 0 Å². The maximum Gasteiger partial charge on any atom is 0.126 e. The molecule has 4 heteroatoms. The molecule has 114 valence electrons. The van der Waals surface area contributed by atoms with Crippen molar-refractivity contribution in [2.24, 2.45) is 11.8 Å². The van der Waals surface area contributed by atoms with E-state index in [-0.39, 0.29) is 6.04 Å². The molecule has 3 rings (SSSR count). The lowest BCUT2D eigenvalue weighted by Crippen LogP contribution is -2.32. The highest BCUT2D eigenvalue weighted by atomic mass is 35.5. The average molecular weight is 324 g/mol. The van der Waals surface area contributed by atoms with Crippen LogP contribution in [0.2, 0.25) is 4.34 Å². The number of halogens is 1. The summed E-state index contributed by atoms with van der Waals surface area (Å²) >= 11 is 7.72. The van der Waals surface area contributed by atoms with E-state index in [2.05, 4.69) is 18.3 Å². The van der Waals surface area contributed by atoms with Gasteiger partial charge in [0.05, 0.1) is 10.6 Å². The molecule has 1 fully saturated rings. The molecule has 2 nitrogen and oxygen atoms in total. The zero-order valence-corrected chi connectivity index (χ0v) is 13.9. The minimum absolute atomic E-state index is 0.117. The highest BCUT2D eigenvalue weighted by Crippen LogP contribution is 2.33. The first-order valence-electron chi connectivity index (χ1n) is 7.76. The lowest BCUT2D eigenvalue weighted by atomic mass is 9.80. The average Bonchev–Trinajstić information content (AvgIpc) is 3.13. The van der Waals surface area contributed by atoms with Crippen LogP contribution in [0.4, 0.5) is 0 Å². The van der Waals surface area contributed by atoms with Crippen molar-refractivity contribution in [3.05, 3.63) is 45.5 Å². The van der Waals surface area contributed by atoms with Gasteiger partial charge in [0, 0.05) is 4.88 Å². The van der Waals surface area contributed by atoms with E-state index in [0.29, 0.717) is 0 Å². The van der Waals surface area contributed by atoms with Crippen molar-refractivity contribution < 1.29 is 4.42 Å². The summed E-state index contributed by atoms with van der Waals surface area (Å²) in [4.78, 5) is 1.22. The van der Waals surface area contributed by atoms with Gasteiger partial charge in [0.15, 0.2) is 0 Å². The monoisotopic (exact) mass is 323 g/mol. The fourth-order valence-electron chi connectivity index (χ4n) is 3.25. The molecule has 1 N–H and O–H groups in total. The fourth-order valence-corrected chi connectivity index (χ4v) is 4.39. The van der Waals surface area contributed by atoms with Gasteiger partial charge in [0.25, 0.3) is 0 Å². The molecular weight excluding hydrogens is 302 g/mol. The van der Waals surface area contributed by atoms with Gasteiger partial charge >= 0.3 is 0 Å². The Morgan fingerprint density at radius 3 is 2.86 bits per heavy atom. The SMILES string of the molecule is CC1CCCCC1CNC(c1ccco1)c1ccc(Cl)s1. The first-order chi connectivity index (χ1) is 10.2. The Bertz CT molecular complexity index is 551. The Kier molecular flexibility index (Phi) is 5.04. The smallest absolute Gasteiger partial charge is 0.126 e. The van der Waals surface area contributed by atoms with Gasteiger partial charge in [-0.15, -0.1) is 11.3 Å². The van der Waals surface area contributed by atoms with Crippen LogP contribution in [0.25, 0.3) is 0 Å². The molecule has 21 heavy (non-hydrogen) atoms. The van der Waals surface area contributed by atoms with Gasteiger partial charge in [-0.05, 0) is 49.1 Å². The molecule has 1 aliphatic rings. The summed E-state index contributed by atoms with van der Waals surface area (Å²) in [7, 11) is 0. The van der Waals surface area contributed by atoms with E-state index in [1.165, 1.54) is 30.6 Å². The standard InChI is InChI=1S/C17H22ClNOS/c1-12-5-2-3-6-13(12)11-19-17(14-7-4-10-20-14)15-8-9-16(18)21-15/h4,7-10,12-13,17,19H,2-3,5-6,11H2,1H3. The van der Waals surface area contributed by atoms with Gasteiger partial charge in [0.1, 0.15) is 11.8 Å². The minimum atomic E-state index is 0.117. The van der Waals surface area contributed by atoms with E-state index in [1.54, 1.807) is 17.6 Å². The molecule has 3 unspecified atom stereocenters. The predicted octanol–water partition coefficient (Wildman–Crippen LogP) is 5.50. The Hall–Kier alpha value is -0.770. The summed E-state index contributed by atoms with van der Waals surface area (Å²) < 4.78 is 6.46. The predicted molar refractivity (Wildman–Crippen MR) is 89.0 cm³/mol. The van der Waals surface area contributed by atoms with Crippen molar-refractivity contribution >= 4 is 22.9 Å². The number of furan rings is 1. The van der Waals surface area contributed by atoms with Gasteiger partial charge in [-0.2, -0.15) is 0 Å². The number of nitrogens with one attached hydrogen (secondary N) is 1. The lowest BCUT2D eigenvalue weighted by molar-refractivity contribution is 0.241. The zero-order chi connectivity index (χ0) is 14.7. The zero-order valence-electron chi connectivity index (χ0n) is 12.3. The number of rotatable bonds is 5. The molecule has 3 atom stereocenters.